The van der Waals surface area contributed by atoms with Gasteiger partial charge in [-0.1, -0.05) is 0 Å². The molecule has 1 aliphatic rings. The maximum Gasteiger partial charge on any atom is 0.244 e. The molecular weight excluding hydrogens is 275 g/mol. The van der Waals surface area contributed by atoms with Crippen LogP contribution in [0, 0.1) is 5.82 Å². The number of hydrogen-bond acceptors (Lipinski definition) is 4. The zero-order valence-electron chi connectivity index (χ0n) is 10.1. The molecule has 1 atom stereocenters. The average Bonchev–Trinajstić information content (AvgIpc) is 2.74. The SMILES string of the molecule is COc1ccc(F)cc1S(=O)(=O)N[C@H]1CNC(=O)C1. The van der Waals surface area contributed by atoms with Gasteiger partial charge in [0.2, 0.25) is 15.9 Å². The number of nitrogens with one attached hydrogen (secondary N) is 2. The number of sulfonamides is 1. The number of methoxy groups -OCH3 is 1. The zero-order chi connectivity index (χ0) is 14.0. The molecule has 1 aromatic carbocycles. The molecule has 1 saturated heterocycles. The Labute approximate surface area is 110 Å². The molecule has 1 aromatic rings. The number of carbonyl (C=O) groups excluding carboxylic acids is 1. The first-order valence-corrected chi connectivity index (χ1v) is 7.03. The number of amides is 1. The summed E-state index contributed by atoms with van der Waals surface area (Å²) in [5, 5.41) is 2.51. The second-order valence-electron chi connectivity index (χ2n) is 4.12. The number of halogens is 1. The minimum Gasteiger partial charge on any atom is -0.495 e. The molecule has 0 aliphatic carbocycles. The summed E-state index contributed by atoms with van der Waals surface area (Å²) in [7, 11) is -2.64. The Morgan fingerprint density at radius 1 is 1.47 bits per heavy atom. The first-order chi connectivity index (χ1) is 8.92. The molecule has 0 unspecified atom stereocenters. The molecule has 104 valence electrons. The molecule has 2 rings (SSSR count). The third kappa shape index (κ3) is 3.02. The predicted molar refractivity (Wildman–Crippen MR) is 64.7 cm³/mol. The molecule has 0 aromatic heterocycles. The molecule has 1 heterocycles. The Morgan fingerprint density at radius 2 is 2.21 bits per heavy atom. The highest BCUT2D eigenvalue weighted by atomic mass is 32.2. The van der Waals surface area contributed by atoms with E-state index in [1.165, 1.54) is 13.2 Å². The Hall–Kier alpha value is -1.67. The van der Waals surface area contributed by atoms with Crippen LogP contribution in [0.1, 0.15) is 6.42 Å². The highest BCUT2D eigenvalue weighted by molar-refractivity contribution is 7.89. The van der Waals surface area contributed by atoms with Gasteiger partial charge in [-0.05, 0) is 18.2 Å². The summed E-state index contributed by atoms with van der Waals surface area (Å²) in [6, 6.07) is 2.69. The zero-order valence-corrected chi connectivity index (χ0v) is 11.0. The fourth-order valence-electron chi connectivity index (χ4n) is 1.83. The van der Waals surface area contributed by atoms with Gasteiger partial charge in [0.05, 0.1) is 7.11 Å². The normalized spacial score (nSPS) is 19.3. The molecule has 6 nitrogen and oxygen atoms in total. The summed E-state index contributed by atoms with van der Waals surface area (Å²) in [6.45, 7) is 0.218. The van der Waals surface area contributed by atoms with E-state index in [2.05, 4.69) is 10.0 Å². The number of ether oxygens (including phenoxy) is 1. The van der Waals surface area contributed by atoms with Crippen molar-refractivity contribution in [3.8, 4) is 5.75 Å². The van der Waals surface area contributed by atoms with Crippen molar-refractivity contribution >= 4 is 15.9 Å². The van der Waals surface area contributed by atoms with Crippen LogP contribution in [-0.2, 0) is 14.8 Å². The smallest absolute Gasteiger partial charge is 0.244 e. The van der Waals surface area contributed by atoms with Crippen LogP contribution >= 0.6 is 0 Å². The van der Waals surface area contributed by atoms with Crippen molar-refractivity contribution < 1.29 is 22.3 Å². The number of rotatable bonds is 4. The Bertz CT molecular complexity index is 603. The van der Waals surface area contributed by atoms with Gasteiger partial charge in [-0.25, -0.2) is 17.5 Å². The van der Waals surface area contributed by atoms with Gasteiger partial charge in [0.15, 0.2) is 0 Å². The van der Waals surface area contributed by atoms with E-state index in [0.717, 1.165) is 12.1 Å². The lowest BCUT2D eigenvalue weighted by atomic mass is 10.3. The monoisotopic (exact) mass is 288 g/mol. The minimum absolute atomic E-state index is 0.0474. The van der Waals surface area contributed by atoms with Gasteiger partial charge in [-0.15, -0.1) is 0 Å². The maximum atomic E-state index is 13.2. The summed E-state index contributed by atoms with van der Waals surface area (Å²) in [5.41, 5.74) is 0. The summed E-state index contributed by atoms with van der Waals surface area (Å²) >= 11 is 0. The highest BCUT2D eigenvalue weighted by Gasteiger charge is 2.28. The molecule has 2 N–H and O–H groups in total. The molecule has 19 heavy (non-hydrogen) atoms. The van der Waals surface area contributed by atoms with E-state index in [1.807, 2.05) is 0 Å². The van der Waals surface area contributed by atoms with E-state index in [4.69, 9.17) is 4.74 Å². The second-order valence-corrected chi connectivity index (χ2v) is 5.80. The molecular formula is C11H13FN2O4S. The van der Waals surface area contributed by atoms with E-state index in [0.29, 0.717) is 0 Å². The van der Waals surface area contributed by atoms with E-state index in [1.54, 1.807) is 0 Å². The topological polar surface area (TPSA) is 84.5 Å². The van der Waals surface area contributed by atoms with Crippen molar-refractivity contribution in [1.82, 2.24) is 10.0 Å². The van der Waals surface area contributed by atoms with Gasteiger partial charge in [0, 0.05) is 19.0 Å². The van der Waals surface area contributed by atoms with Crippen molar-refractivity contribution in [2.75, 3.05) is 13.7 Å². The largest absolute Gasteiger partial charge is 0.495 e. The molecule has 0 bridgehead atoms. The summed E-state index contributed by atoms with van der Waals surface area (Å²) in [6.07, 6.45) is 0.0663. The van der Waals surface area contributed by atoms with Crippen LogP contribution in [0.4, 0.5) is 4.39 Å². The van der Waals surface area contributed by atoms with E-state index in [9.17, 15) is 17.6 Å². The standard InChI is InChI=1S/C11H13FN2O4S/c1-18-9-3-2-7(12)4-10(9)19(16,17)14-8-5-11(15)13-6-8/h2-4,8,14H,5-6H2,1H3,(H,13,15)/t8-/m1/s1. The predicted octanol–water partition coefficient (Wildman–Crippen LogP) is 0.00110. The second kappa shape index (κ2) is 5.14. The Kier molecular flexibility index (Phi) is 3.72. The molecule has 1 fully saturated rings. The van der Waals surface area contributed by atoms with Gasteiger partial charge >= 0.3 is 0 Å². The van der Waals surface area contributed by atoms with E-state index >= 15 is 0 Å². The van der Waals surface area contributed by atoms with Crippen LogP contribution in [0.25, 0.3) is 0 Å². The number of hydrogen-bond donors (Lipinski definition) is 2. The van der Waals surface area contributed by atoms with Crippen molar-refractivity contribution in [3.63, 3.8) is 0 Å². The van der Waals surface area contributed by atoms with Gasteiger partial charge in [0.1, 0.15) is 16.5 Å². The highest BCUT2D eigenvalue weighted by Crippen LogP contribution is 2.24. The molecule has 8 heteroatoms. The summed E-state index contributed by atoms with van der Waals surface area (Å²) < 4.78 is 44.7. The fourth-order valence-corrected chi connectivity index (χ4v) is 3.25. The van der Waals surface area contributed by atoms with Crippen LogP contribution in [-0.4, -0.2) is 34.0 Å². The number of benzene rings is 1. The fraction of sp³-hybridized carbons (Fsp3) is 0.364. The van der Waals surface area contributed by atoms with Gasteiger partial charge in [-0.3, -0.25) is 4.79 Å². The van der Waals surface area contributed by atoms with Crippen molar-refractivity contribution in [2.45, 2.75) is 17.4 Å². The van der Waals surface area contributed by atoms with Gasteiger partial charge in [-0.2, -0.15) is 0 Å². The minimum atomic E-state index is -3.94. The lowest BCUT2D eigenvalue weighted by Gasteiger charge is -2.13. The number of carbonyl (C=O) groups is 1. The first-order valence-electron chi connectivity index (χ1n) is 5.55. The van der Waals surface area contributed by atoms with Crippen molar-refractivity contribution in [1.29, 1.82) is 0 Å². The van der Waals surface area contributed by atoms with E-state index < -0.39 is 21.9 Å². The van der Waals surface area contributed by atoms with Crippen LogP contribution in [0.2, 0.25) is 0 Å². The first kappa shape index (κ1) is 13.8. The third-order valence-corrected chi connectivity index (χ3v) is 4.26. The molecule has 1 amide bonds. The van der Waals surface area contributed by atoms with Crippen LogP contribution in [0.15, 0.2) is 23.1 Å². The lowest BCUT2D eigenvalue weighted by molar-refractivity contribution is -0.119. The Morgan fingerprint density at radius 3 is 2.79 bits per heavy atom. The molecule has 0 spiro atoms. The van der Waals surface area contributed by atoms with Gasteiger partial charge in [0.25, 0.3) is 0 Å². The quantitative estimate of drug-likeness (QED) is 0.817. The maximum absolute atomic E-state index is 13.2. The van der Waals surface area contributed by atoms with Crippen molar-refractivity contribution in [3.05, 3.63) is 24.0 Å². The summed E-state index contributed by atoms with van der Waals surface area (Å²) in [4.78, 5) is 10.7. The third-order valence-electron chi connectivity index (χ3n) is 2.71. The Balaban J connectivity index is 2.28. The summed E-state index contributed by atoms with van der Waals surface area (Å²) in [5.74, 6) is -0.855. The van der Waals surface area contributed by atoms with Crippen LogP contribution < -0.4 is 14.8 Å². The molecule has 0 saturated carbocycles. The van der Waals surface area contributed by atoms with Crippen molar-refractivity contribution in [2.24, 2.45) is 0 Å². The van der Waals surface area contributed by atoms with Gasteiger partial charge < -0.3 is 10.1 Å². The molecule has 0 radical (unpaired) electrons. The lowest BCUT2D eigenvalue weighted by Crippen LogP contribution is -2.36. The van der Waals surface area contributed by atoms with Crippen LogP contribution in [0.5, 0.6) is 5.75 Å². The molecule has 1 aliphatic heterocycles. The van der Waals surface area contributed by atoms with Crippen LogP contribution in [0.3, 0.4) is 0 Å². The average molecular weight is 288 g/mol. The van der Waals surface area contributed by atoms with E-state index in [-0.39, 0.29) is 29.5 Å².